The maximum absolute atomic E-state index is 5.21. The van der Waals surface area contributed by atoms with Crippen LogP contribution in [-0.4, -0.2) is 35.0 Å². The van der Waals surface area contributed by atoms with Crippen molar-refractivity contribution in [3.63, 3.8) is 0 Å². The lowest BCUT2D eigenvalue weighted by Crippen LogP contribution is -2.41. The Morgan fingerprint density at radius 2 is 2.11 bits per heavy atom. The molecule has 6 heteroatoms. The Balaban J connectivity index is 2.19. The first-order valence-electron chi connectivity index (χ1n) is 6.07. The second-order valence-electron chi connectivity index (χ2n) is 4.51. The Morgan fingerprint density at radius 3 is 2.78 bits per heavy atom. The molecule has 0 N–H and O–H groups in total. The van der Waals surface area contributed by atoms with Crippen molar-refractivity contribution in [1.29, 1.82) is 0 Å². The van der Waals surface area contributed by atoms with Crippen LogP contribution in [0.1, 0.15) is 25.7 Å². The zero-order valence-corrected chi connectivity index (χ0v) is 13.7. The molecule has 4 nitrogen and oxygen atoms in total. The molecule has 2 unspecified atom stereocenters. The Bertz CT molecular complexity index is 416. The smallest absolute Gasteiger partial charge is 0.232 e. The molecular formula is C12H17Br2N3O. The van der Waals surface area contributed by atoms with E-state index in [1.165, 1.54) is 25.7 Å². The van der Waals surface area contributed by atoms with Crippen LogP contribution in [0.2, 0.25) is 0 Å². The van der Waals surface area contributed by atoms with Crippen molar-refractivity contribution < 1.29 is 4.74 Å². The minimum atomic E-state index is 0.449. The molecule has 1 saturated carbocycles. The number of aromatic nitrogens is 2. The van der Waals surface area contributed by atoms with Gasteiger partial charge in [-0.25, -0.2) is 4.98 Å². The van der Waals surface area contributed by atoms with Crippen LogP contribution in [0.25, 0.3) is 0 Å². The summed E-state index contributed by atoms with van der Waals surface area (Å²) in [6.07, 6.45) is 6.69. The summed E-state index contributed by atoms with van der Waals surface area (Å²) in [6.45, 7) is 0. The second-order valence-corrected chi connectivity index (χ2v) is 6.54. The van der Waals surface area contributed by atoms with E-state index in [9.17, 15) is 0 Å². The van der Waals surface area contributed by atoms with Gasteiger partial charge in [-0.05, 0) is 28.8 Å². The summed E-state index contributed by atoms with van der Waals surface area (Å²) in [6, 6.07) is 0.449. The summed E-state index contributed by atoms with van der Waals surface area (Å²) in [5.41, 5.74) is 0. The van der Waals surface area contributed by atoms with Crippen molar-refractivity contribution >= 4 is 37.8 Å². The third-order valence-electron chi connectivity index (χ3n) is 3.35. The fourth-order valence-corrected chi connectivity index (χ4v) is 3.60. The minimum Gasteiger partial charge on any atom is -0.480 e. The second kappa shape index (κ2) is 6.19. The van der Waals surface area contributed by atoms with Crippen molar-refractivity contribution in [2.24, 2.45) is 0 Å². The maximum atomic E-state index is 5.21. The van der Waals surface area contributed by atoms with Gasteiger partial charge in [-0.3, -0.25) is 0 Å². The van der Waals surface area contributed by atoms with Gasteiger partial charge in [0.25, 0.3) is 0 Å². The zero-order chi connectivity index (χ0) is 13.1. The van der Waals surface area contributed by atoms with Gasteiger partial charge in [0.2, 0.25) is 11.8 Å². The Hall–Kier alpha value is -0.360. The maximum Gasteiger partial charge on any atom is 0.232 e. The van der Waals surface area contributed by atoms with Gasteiger partial charge in [-0.2, -0.15) is 4.98 Å². The van der Waals surface area contributed by atoms with Crippen LogP contribution in [-0.2, 0) is 0 Å². The van der Waals surface area contributed by atoms with Gasteiger partial charge in [0.1, 0.15) is 0 Å². The van der Waals surface area contributed by atoms with Crippen LogP contribution in [0, 0.1) is 0 Å². The van der Waals surface area contributed by atoms with Crippen LogP contribution < -0.4 is 9.64 Å². The first-order chi connectivity index (χ1) is 8.63. The van der Waals surface area contributed by atoms with Gasteiger partial charge in [0.05, 0.1) is 17.8 Å². The molecule has 1 aliphatic carbocycles. The van der Waals surface area contributed by atoms with E-state index >= 15 is 0 Å². The Morgan fingerprint density at radius 1 is 1.39 bits per heavy atom. The number of hydrogen-bond acceptors (Lipinski definition) is 4. The van der Waals surface area contributed by atoms with Crippen LogP contribution in [0.15, 0.2) is 10.7 Å². The quantitative estimate of drug-likeness (QED) is 0.755. The Labute approximate surface area is 124 Å². The molecule has 2 rings (SSSR count). The molecule has 18 heavy (non-hydrogen) atoms. The molecule has 0 spiro atoms. The molecule has 0 amide bonds. The molecule has 0 aliphatic heterocycles. The first kappa shape index (κ1) is 14.1. The fourth-order valence-electron chi connectivity index (χ4n) is 2.31. The minimum absolute atomic E-state index is 0.449. The van der Waals surface area contributed by atoms with E-state index in [-0.39, 0.29) is 0 Å². The summed E-state index contributed by atoms with van der Waals surface area (Å²) in [7, 11) is 3.66. The van der Waals surface area contributed by atoms with Gasteiger partial charge in [-0.15, -0.1) is 0 Å². The lowest BCUT2D eigenvalue weighted by Gasteiger charge is -2.35. The number of alkyl halides is 1. The third kappa shape index (κ3) is 2.96. The zero-order valence-electron chi connectivity index (χ0n) is 10.6. The number of ether oxygens (including phenoxy) is 1. The van der Waals surface area contributed by atoms with Gasteiger partial charge in [-0.1, -0.05) is 28.8 Å². The van der Waals surface area contributed by atoms with Crippen molar-refractivity contribution in [2.45, 2.75) is 36.6 Å². The molecule has 0 aromatic carbocycles. The number of halogens is 2. The van der Waals surface area contributed by atoms with Gasteiger partial charge < -0.3 is 9.64 Å². The topological polar surface area (TPSA) is 38.2 Å². The molecule has 2 atom stereocenters. The SMILES string of the molecule is COc1nc(N(C)C2CCCCC2Br)ncc1Br. The van der Waals surface area contributed by atoms with Crippen molar-refractivity contribution in [1.82, 2.24) is 9.97 Å². The van der Waals surface area contributed by atoms with Crippen molar-refractivity contribution in [2.75, 3.05) is 19.1 Å². The standard InChI is InChI=1S/C12H17Br2N3O/c1-17(10-6-4-3-5-8(10)13)12-15-7-9(14)11(16-12)18-2/h7-8,10H,3-6H2,1-2H3. The average Bonchev–Trinajstić information content (AvgIpc) is 2.39. The van der Waals surface area contributed by atoms with E-state index in [0.29, 0.717) is 22.7 Å². The predicted octanol–water partition coefficient (Wildman–Crippen LogP) is 3.39. The van der Waals surface area contributed by atoms with Gasteiger partial charge in [0.15, 0.2) is 0 Å². The van der Waals surface area contributed by atoms with E-state index in [0.717, 1.165) is 4.47 Å². The normalized spacial score (nSPS) is 23.8. The predicted molar refractivity (Wildman–Crippen MR) is 79.7 cm³/mol. The fraction of sp³-hybridized carbons (Fsp3) is 0.667. The monoisotopic (exact) mass is 377 g/mol. The van der Waals surface area contributed by atoms with E-state index in [4.69, 9.17) is 4.74 Å². The first-order valence-corrected chi connectivity index (χ1v) is 7.77. The summed E-state index contributed by atoms with van der Waals surface area (Å²) >= 11 is 7.13. The molecule has 1 heterocycles. The molecule has 0 radical (unpaired) electrons. The summed E-state index contributed by atoms with van der Waals surface area (Å²) in [5.74, 6) is 1.29. The van der Waals surface area contributed by atoms with E-state index in [2.05, 4.69) is 46.7 Å². The molecule has 1 aromatic rings. The lowest BCUT2D eigenvalue weighted by atomic mass is 9.94. The Kier molecular flexibility index (Phi) is 4.84. The number of rotatable bonds is 3. The molecule has 1 aliphatic rings. The van der Waals surface area contributed by atoms with Crippen LogP contribution in [0.5, 0.6) is 5.88 Å². The average molecular weight is 379 g/mol. The summed E-state index contributed by atoms with van der Waals surface area (Å²) in [5, 5.41) is 0. The molecule has 1 aromatic heterocycles. The van der Waals surface area contributed by atoms with Crippen LogP contribution in [0.3, 0.4) is 0 Å². The van der Waals surface area contributed by atoms with E-state index < -0.39 is 0 Å². The molecule has 1 fully saturated rings. The third-order valence-corrected chi connectivity index (χ3v) is 4.96. The van der Waals surface area contributed by atoms with Crippen LogP contribution >= 0.6 is 31.9 Å². The summed E-state index contributed by atoms with van der Waals surface area (Å²) < 4.78 is 5.99. The number of hydrogen-bond donors (Lipinski definition) is 0. The highest BCUT2D eigenvalue weighted by atomic mass is 79.9. The number of nitrogens with zero attached hydrogens (tertiary/aromatic N) is 3. The van der Waals surface area contributed by atoms with E-state index in [1.54, 1.807) is 13.3 Å². The molecule has 100 valence electrons. The highest BCUT2D eigenvalue weighted by Gasteiger charge is 2.28. The van der Waals surface area contributed by atoms with E-state index in [1.807, 2.05) is 7.05 Å². The molecule has 0 bridgehead atoms. The summed E-state index contributed by atoms with van der Waals surface area (Å²) in [4.78, 5) is 11.4. The highest BCUT2D eigenvalue weighted by Crippen LogP contribution is 2.31. The highest BCUT2D eigenvalue weighted by molar-refractivity contribution is 9.10. The van der Waals surface area contributed by atoms with Crippen molar-refractivity contribution in [3.05, 3.63) is 10.7 Å². The molecular weight excluding hydrogens is 362 g/mol. The lowest BCUT2D eigenvalue weighted by molar-refractivity contribution is 0.391. The van der Waals surface area contributed by atoms with Gasteiger partial charge >= 0.3 is 0 Å². The van der Waals surface area contributed by atoms with Crippen molar-refractivity contribution in [3.8, 4) is 5.88 Å². The van der Waals surface area contributed by atoms with Gasteiger partial charge in [0, 0.05) is 17.9 Å². The molecule has 0 saturated heterocycles. The largest absolute Gasteiger partial charge is 0.480 e. The number of anilines is 1. The number of methoxy groups -OCH3 is 1. The van der Waals surface area contributed by atoms with Crippen LogP contribution in [0.4, 0.5) is 5.95 Å².